The first kappa shape index (κ1) is 14.5. The number of carboxylic acids is 1. The molecule has 19 heavy (non-hydrogen) atoms. The number of carbonyl (C=O) groups is 2. The van der Waals surface area contributed by atoms with Gasteiger partial charge in [0.1, 0.15) is 0 Å². The zero-order valence-corrected chi connectivity index (χ0v) is 10.7. The van der Waals surface area contributed by atoms with Crippen LogP contribution in [0, 0.1) is 18.3 Å². The van der Waals surface area contributed by atoms with Crippen LogP contribution in [-0.4, -0.2) is 23.1 Å². The molecule has 1 rings (SSSR count). The summed E-state index contributed by atoms with van der Waals surface area (Å²) < 4.78 is 0. The quantitative estimate of drug-likeness (QED) is 0.769. The number of carbonyl (C=O) groups excluding carboxylic acids is 1. The van der Waals surface area contributed by atoms with E-state index in [0.717, 1.165) is 5.56 Å². The van der Waals surface area contributed by atoms with Gasteiger partial charge >= 0.3 is 12.0 Å². The van der Waals surface area contributed by atoms with E-state index >= 15 is 0 Å². The van der Waals surface area contributed by atoms with Crippen molar-refractivity contribution in [2.45, 2.75) is 26.3 Å². The smallest absolute Gasteiger partial charge is 0.319 e. The van der Waals surface area contributed by atoms with Crippen LogP contribution in [0.5, 0.6) is 0 Å². The van der Waals surface area contributed by atoms with E-state index in [1.165, 1.54) is 0 Å². The lowest BCUT2D eigenvalue weighted by Gasteiger charge is -2.14. The third-order valence-electron chi connectivity index (χ3n) is 2.47. The van der Waals surface area contributed by atoms with Crippen LogP contribution in [0.4, 0.5) is 10.5 Å². The fraction of sp³-hybridized carbons (Fsp3) is 0.308. The van der Waals surface area contributed by atoms with Gasteiger partial charge in [0.05, 0.1) is 18.1 Å². The minimum atomic E-state index is -0.976. The molecule has 0 aliphatic heterocycles. The molecule has 0 saturated heterocycles. The molecule has 6 nitrogen and oxygen atoms in total. The van der Waals surface area contributed by atoms with Gasteiger partial charge in [0.2, 0.25) is 0 Å². The van der Waals surface area contributed by atoms with Crippen molar-refractivity contribution in [3.8, 4) is 6.07 Å². The molecule has 0 radical (unpaired) electrons. The van der Waals surface area contributed by atoms with Gasteiger partial charge in [-0.05, 0) is 31.5 Å². The summed E-state index contributed by atoms with van der Waals surface area (Å²) in [4.78, 5) is 22.1. The second-order valence-electron chi connectivity index (χ2n) is 4.24. The molecule has 0 aliphatic carbocycles. The Labute approximate surface area is 111 Å². The van der Waals surface area contributed by atoms with Gasteiger partial charge in [-0.15, -0.1) is 0 Å². The highest BCUT2D eigenvalue weighted by atomic mass is 16.4. The Hall–Kier alpha value is -2.55. The molecule has 6 heteroatoms. The van der Waals surface area contributed by atoms with Gasteiger partial charge in [0.15, 0.2) is 0 Å². The monoisotopic (exact) mass is 261 g/mol. The second-order valence-corrected chi connectivity index (χ2v) is 4.24. The number of rotatable bonds is 4. The summed E-state index contributed by atoms with van der Waals surface area (Å²) in [6, 6.07) is 5.97. The van der Waals surface area contributed by atoms with Crippen molar-refractivity contribution in [2.24, 2.45) is 0 Å². The number of nitriles is 1. The van der Waals surface area contributed by atoms with E-state index in [9.17, 15) is 9.59 Å². The predicted molar refractivity (Wildman–Crippen MR) is 69.8 cm³/mol. The van der Waals surface area contributed by atoms with Crippen molar-refractivity contribution >= 4 is 17.7 Å². The molecule has 0 heterocycles. The number of aliphatic carboxylic acids is 1. The van der Waals surface area contributed by atoms with Crippen LogP contribution >= 0.6 is 0 Å². The standard InChI is InChI=1S/C13H15N3O3/c1-8-3-4-10(7-14)6-11(8)16-13(19)15-9(2)5-12(17)18/h3-4,6,9H,5H2,1-2H3,(H,17,18)(H2,15,16,19). The van der Waals surface area contributed by atoms with Gasteiger partial charge in [-0.2, -0.15) is 5.26 Å². The van der Waals surface area contributed by atoms with Crippen LogP contribution in [0.25, 0.3) is 0 Å². The lowest BCUT2D eigenvalue weighted by atomic mass is 10.1. The third kappa shape index (κ3) is 4.68. The Morgan fingerprint density at radius 2 is 2.16 bits per heavy atom. The summed E-state index contributed by atoms with van der Waals surface area (Å²) in [6.45, 7) is 3.41. The van der Waals surface area contributed by atoms with Gasteiger partial charge in [-0.25, -0.2) is 4.79 Å². The van der Waals surface area contributed by atoms with Gasteiger partial charge in [-0.1, -0.05) is 6.07 Å². The first-order valence-corrected chi connectivity index (χ1v) is 5.72. The van der Waals surface area contributed by atoms with E-state index in [4.69, 9.17) is 10.4 Å². The summed E-state index contributed by atoms with van der Waals surface area (Å²) in [6.07, 6.45) is -0.148. The largest absolute Gasteiger partial charge is 0.481 e. The van der Waals surface area contributed by atoms with E-state index in [0.29, 0.717) is 11.3 Å². The fourth-order valence-corrected chi connectivity index (χ4v) is 1.52. The summed E-state index contributed by atoms with van der Waals surface area (Å²) >= 11 is 0. The average Bonchev–Trinajstić information content (AvgIpc) is 2.30. The number of urea groups is 1. The summed E-state index contributed by atoms with van der Waals surface area (Å²) in [7, 11) is 0. The highest BCUT2D eigenvalue weighted by molar-refractivity contribution is 5.90. The van der Waals surface area contributed by atoms with Gasteiger partial charge in [-0.3, -0.25) is 4.79 Å². The fourth-order valence-electron chi connectivity index (χ4n) is 1.52. The number of amides is 2. The number of hydrogen-bond acceptors (Lipinski definition) is 3. The molecule has 0 bridgehead atoms. The molecule has 1 aromatic carbocycles. The van der Waals surface area contributed by atoms with Crippen LogP contribution in [0.1, 0.15) is 24.5 Å². The van der Waals surface area contributed by atoms with E-state index in [1.807, 2.05) is 6.07 Å². The molecular formula is C13H15N3O3. The number of nitrogens with zero attached hydrogens (tertiary/aromatic N) is 1. The SMILES string of the molecule is Cc1ccc(C#N)cc1NC(=O)NC(C)CC(=O)O. The molecule has 1 unspecified atom stereocenters. The maximum Gasteiger partial charge on any atom is 0.319 e. The molecule has 0 aromatic heterocycles. The number of nitrogens with one attached hydrogen (secondary N) is 2. The van der Waals surface area contributed by atoms with E-state index in [2.05, 4.69) is 10.6 Å². The molecule has 1 aromatic rings. The van der Waals surface area contributed by atoms with E-state index in [1.54, 1.807) is 32.0 Å². The molecular weight excluding hydrogens is 246 g/mol. The van der Waals surface area contributed by atoms with Gasteiger partial charge in [0.25, 0.3) is 0 Å². The summed E-state index contributed by atoms with van der Waals surface area (Å²) in [5.41, 5.74) is 1.79. The van der Waals surface area contributed by atoms with E-state index in [-0.39, 0.29) is 6.42 Å². The maximum atomic E-state index is 11.7. The molecule has 3 N–H and O–H groups in total. The van der Waals surface area contributed by atoms with Gasteiger partial charge < -0.3 is 15.7 Å². The van der Waals surface area contributed by atoms with Crippen LogP contribution in [0.3, 0.4) is 0 Å². The number of aryl methyl sites for hydroxylation is 1. The molecule has 0 fully saturated rings. The Bertz CT molecular complexity index is 534. The second kappa shape index (κ2) is 6.40. The molecule has 100 valence electrons. The number of benzene rings is 1. The van der Waals surface area contributed by atoms with E-state index < -0.39 is 18.0 Å². The Kier molecular flexibility index (Phi) is 4.89. The third-order valence-corrected chi connectivity index (χ3v) is 2.47. The average molecular weight is 261 g/mol. The molecule has 1 atom stereocenters. The lowest BCUT2D eigenvalue weighted by molar-refractivity contribution is -0.137. The number of anilines is 1. The highest BCUT2D eigenvalue weighted by Crippen LogP contribution is 2.16. The molecule has 2 amide bonds. The normalized spacial score (nSPS) is 11.2. The number of hydrogen-bond donors (Lipinski definition) is 3. The minimum Gasteiger partial charge on any atom is -0.481 e. The number of carboxylic acid groups (broad SMARTS) is 1. The summed E-state index contributed by atoms with van der Waals surface area (Å²) in [5.74, 6) is -0.976. The van der Waals surface area contributed by atoms with Crippen molar-refractivity contribution in [1.82, 2.24) is 5.32 Å². The van der Waals surface area contributed by atoms with Crippen molar-refractivity contribution in [1.29, 1.82) is 5.26 Å². The van der Waals surface area contributed by atoms with Crippen LogP contribution in [0.15, 0.2) is 18.2 Å². The maximum absolute atomic E-state index is 11.7. The first-order chi connectivity index (χ1) is 8.92. The Morgan fingerprint density at radius 1 is 1.47 bits per heavy atom. The minimum absolute atomic E-state index is 0.148. The van der Waals surface area contributed by atoms with Crippen molar-refractivity contribution in [3.05, 3.63) is 29.3 Å². The Balaban J connectivity index is 2.67. The Morgan fingerprint density at radius 3 is 2.74 bits per heavy atom. The van der Waals surface area contributed by atoms with Crippen LogP contribution < -0.4 is 10.6 Å². The lowest BCUT2D eigenvalue weighted by Crippen LogP contribution is -2.37. The topological polar surface area (TPSA) is 102 Å². The molecule has 0 aliphatic rings. The highest BCUT2D eigenvalue weighted by Gasteiger charge is 2.11. The first-order valence-electron chi connectivity index (χ1n) is 5.72. The zero-order valence-electron chi connectivity index (χ0n) is 10.7. The zero-order chi connectivity index (χ0) is 14.4. The van der Waals surface area contributed by atoms with Crippen molar-refractivity contribution in [3.63, 3.8) is 0 Å². The van der Waals surface area contributed by atoms with Crippen molar-refractivity contribution in [2.75, 3.05) is 5.32 Å². The summed E-state index contributed by atoms with van der Waals surface area (Å²) in [5, 5.41) is 22.5. The van der Waals surface area contributed by atoms with Gasteiger partial charge in [0, 0.05) is 11.7 Å². The van der Waals surface area contributed by atoms with Crippen LogP contribution in [0.2, 0.25) is 0 Å². The van der Waals surface area contributed by atoms with Crippen molar-refractivity contribution < 1.29 is 14.7 Å². The predicted octanol–water partition coefficient (Wildman–Crippen LogP) is 1.85. The molecule has 0 spiro atoms. The molecule has 0 saturated carbocycles. The van der Waals surface area contributed by atoms with Crippen LogP contribution in [-0.2, 0) is 4.79 Å².